The third-order valence-electron chi connectivity index (χ3n) is 14.0. The Morgan fingerprint density at radius 3 is 1.43 bits per heavy atom. The summed E-state index contributed by atoms with van der Waals surface area (Å²) >= 11 is 1.45. The van der Waals surface area contributed by atoms with Gasteiger partial charge in [0.15, 0.2) is 0 Å². The van der Waals surface area contributed by atoms with E-state index in [1.54, 1.807) is 27.7 Å². The zero-order valence-electron chi connectivity index (χ0n) is 45.3. The monoisotopic (exact) mass is 971 g/mol. The molecule has 1 N–H and O–H groups in total. The fourth-order valence-electron chi connectivity index (χ4n) is 7.57. The molecule has 394 valence electrons. The Morgan fingerprint density at radius 1 is 0.552 bits per heavy atom. The molecule has 0 radical (unpaired) electrons. The maximum atomic E-state index is 11.9. The van der Waals surface area contributed by atoms with Gasteiger partial charge in [-0.05, 0) is 119 Å². The molecule has 4 unspecified atom stereocenters. The fraction of sp³-hybridized carbons (Fsp3) is 0.909. The predicted molar refractivity (Wildman–Crippen MR) is 274 cm³/mol. The first-order valence-corrected chi connectivity index (χ1v) is 27.7. The minimum absolute atomic E-state index is 0.00236. The van der Waals surface area contributed by atoms with Crippen molar-refractivity contribution in [1.29, 1.82) is 0 Å². The molecule has 0 aromatic heterocycles. The second-order valence-corrected chi connectivity index (χ2v) is 23.0. The molecule has 12 heteroatoms. The van der Waals surface area contributed by atoms with Gasteiger partial charge in [0.2, 0.25) is 0 Å². The van der Waals surface area contributed by atoms with Crippen LogP contribution in [0.25, 0.3) is 0 Å². The van der Waals surface area contributed by atoms with Crippen molar-refractivity contribution in [1.82, 2.24) is 0 Å². The van der Waals surface area contributed by atoms with Crippen molar-refractivity contribution in [2.45, 2.75) is 249 Å². The minimum atomic E-state index is -1.05. The second-order valence-electron chi connectivity index (χ2n) is 21.9. The van der Waals surface area contributed by atoms with Gasteiger partial charge >= 0.3 is 29.8 Å². The molecule has 0 aliphatic heterocycles. The van der Waals surface area contributed by atoms with E-state index in [9.17, 15) is 29.1 Å². The quantitative estimate of drug-likeness (QED) is 0.0371. The summed E-state index contributed by atoms with van der Waals surface area (Å²) in [4.78, 5) is 58.7. The van der Waals surface area contributed by atoms with Crippen molar-refractivity contribution in [2.24, 2.45) is 33.5 Å². The molecule has 4 atom stereocenters. The maximum Gasteiger partial charge on any atom is 0.312 e. The van der Waals surface area contributed by atoms with Crippen LogP contribution in [0.3, 0.4) is 0 Å². The smallest absolute Gasteiger partial charge is 0.312 e. The second kappa shape index (κ2) is 35.7. The Balaban J connectivity index is 0.00000101. The number of carbonyl (C=O) groups excluding carboxylic acids is 5. The molecule has 67 heavy (non-hydrogen) atoms. The molecule has 11 nitrogen and oxygen atoms in total. The largest absolute Gasteiger partial charge is 0.469 e. The maximum absolute atomic E-state index is 11.9. The van der Waals surface area contributed by atoms with Gasteiger partial charge in [-0.1, -0.05) is 124 Å². The third kappa shape index (κ3) is 29.4. The van der Waals surface area contributed by atoms with Gasteiger partial charge in [0.1, 0.15) is 25.4 Å². The first-order valence-electron chi connectivity index (χ1n) is 26.6. The van der Waals surface area contributed by atoms with Crippen LogP contribution in [0.1, 0.15) is 237 Å². The average Bonchev–Trinajstić information content (AvgIpc) is 3.93. The van der Waals surface area contributed by atoms with Gasteiger partial charge in [0, 0.05) is 11.5 Å². The van der Waals surface area contributed by atoms with Gasteiger partial charge in [-0.15, -0.1) is 0 Å². The average molecular weight is 971 g/mol. The lowest BCUT2D eigenvalue weighted by atomic mass is 9.90. The lowest BCUT2D eigenvalue weighted by molar-refractivity contribution is -0.162. The summed E-state index contributed by atoms with van der Waals surface area (Å²) in [5, 5.41) is 9.74. The third-order valence-corrected chi connectivity index (χ3v) is 15.4. The van der Waals surface area contributed by atoms with E-state index >= 15 is 0 Å². The van der Waals surface area contributed by atoms with Crippen molar-refractivity contribution in [3.05, 3.63) is 0 Å². The lowest BCUT2D eigenvalue weighted by Gasteiger charge is -2.27. The fourth-order valence-corrected chi connectivity index (χ4v) is 8.65. The van der Waals surface area contributed by atoms with Crippen LogP contribution in [0.2, 0.25) is 0 Å². The van der Waals surface area contributed by atoms with Gasteiger partial charge in [0.25, 0.3) is 0 Å². The van der Waals surface area contributed by atoms with E-state index in [-0.39, 0.29) is 54.5 Å². The lowest BCUT2D eigenvalue weighted by Crippen LogP contribution is -2.32. The van der Waals surface area contributed by atoms with Crippen LogP contribution in [0.4, 0.5) is 0 Å². The molecule has 2 rings (SSSR count). The number of carbonyl (C=O) groups is 5. The number of unbranched alkanes of at least 4 members (excludes halogenated alkanes) is 15. The van der Waals surface area contributed by atoms with Crippen molar-refractivity contribution < 1.29 is 52.8 Å². The molecule has 2 aliphatic rings. The summed E-state index contributed by atoms with van der Waals surface area (Å²) in [5.74, 6) is 1.36. The molecule has 2 fully saturated rings. The van der Waals surface area contributed by atoms with Crippen LogP contribution in [0.5, 0.6) is 0 Å². The van der Waals surface area contributed by atoms with Crippen molar-refractivity contribution in [3.63, 3.8) is 0 Å². The zero-order valence-corrected chi connectivity index (χ0v) is 46.1. The Morgan fingerprint density at radius 2 is 1.00 bits per heavy atom. The SMILES string of the molecule is CCC(C)(C)C(=O)OC1CC2CCC1C2.CCC(C)(C)C(=O)OCC(O)COC(=O)CCSCC(C)(C)C(=O)OC.CCCCCCCCCCCCCCCCCCOC(=O)C(C)(C)CC. The number of thioether (sulfide) groups is 1. The van der Waals surface area contributed by atoms with Crippen LogP contribution in [0, 0.1) is 33.5 Å². The van der Waals surface area contributed by atoms with Gasteiger partial charge in [-0.3, -0.25) is 24.0 Å². The van der Waals surface area contributed by atoms with E-state index in [1.807, 2.05) is 48.5 Å². The zero-order chi connectivity index (χ0) is 50.9. The molecule has 0 amide bonds. The van der Waals surface area contributed by atoms with E-state index in [1.165, 1.54) is 134 Å². The van der Waals surface area contributed by atoms with E-state index < -0.39 is 28.9 Å². The summed E-state index contributed by atoms with van der Waals surface area (Å²) in [5.41, 5.74) is -1.85. The Labute approximate surface area is 414 Å². The normalized spacial score (nSPS) is 17.3. The summed E-state index contributed by atoms with van der Waals surface area (Å²) in [6, 6.07) is 0. The number of methoxy groups -OCH3 is 1. The molecule has 2 saturated carbocycles. The highest BCUT2D eigenvalue weighted by Crippen LogP contribution is 2.46. The minimum Gasteiger partial charge on any atom is -0.469 e. The number of aliphatic hydroxyl groups is 1. The molecule has 2 aliphatic carbocycles. The van der Waals surface area contributed by atoms with E-state index in [2.05, 4.69) is 6.92 Å². The number of hydrogen-bond donors (Lipinski definition) is 1. The first-order chi connectivity index (χ1) is 31.5. The molecule has 0 saturated heterocycles. The van der Waals surface area contributed by atoms with Crippen LogP contribution in [0.15, 0.2) is 0 Å². The highest BCUT2D eigenvalue weighted by atomic mass is 32.2. The summed E-state index contributed by atoms with van der Waals surface area (Å²) < 4.78 is 25.8. The van der Waals surface area contributed by atoms with Crippen molar-refractivity contribution in [2.75, 3.05) is 38.4 Å². The molecule has 0 aromatic rings. The molecule has 0 spiro atoms. The van der Waals surface area contributed by atoms with Crippen molar-refractivity contribution in [3.8, 4) is 0 Å². The highest BCUT2D eigenvalue weighted by Gasteiger charge is 2.43. The van der Waals surface area contributed by atoms with Gasteiger partial charge in [0.05, 0.1) is 41.8 Å². The Hall–Kier alpha value is -2.34. The van der Waals surface area contributed by atoms with Crippen LogP contribution in [-0.4, -0.2) is 85.6 Å². The number of fused-ring (bicyclic) bond motifs is 2. The number of rotatable bonds is 34. The number of ether oxygens (including phenoxy) is 5. The number of esters is 5. The molecular weight excluding hydrogens is 869 g/mol. The molecule has 2 bridgehead atoms. The molecular formula is C55H102O11S. The van der Waals surface area contributed by atoms with Crippen LogP contribution in [-0.2, 0) is 47.7 Å². The van der Waals surface area contributed by atoms with Crippen molar-refractivity contribution >= 4 is 41.6 Å². The number of hydrogen-bond acceptors (Lipinski definition) is 12. The number of aliphatic hydroxyl groups excluding tert-OH is 1. The first kappa shape index (κ1) is 64.7. The molecule has 0 heterocycles. The Bertz CT molecular complexity index is 1360. The van der Waals surface area contributed by atoms with E-state index in [4.69, 9.17) is 23.7 Å². The van der Waals surface area contributed by atoms with Gasteiger partial charge in [-0.25, -0.2) is 0 Å². The van der Waals surface area contributed by atoms with Gasteiger partial charge < -0.3 is 28.8 Å². The Kier molecular flexibility index (Phi) is 34.5. The van der Waals surface area contributed by atoms with E-state index in [0.29, 0.717) is 30.5 Å². The van der Waals surface area contributed by atoms with Crippen LogP contribution >= 0.6 is 11.8 Å². The van der Waals surface area contributed by atoms with Crippen LogP contribution < -0.4 is 0 Å². The molecule has 0 aromatic carbocycles. The predicted octanol–water partition coefficient (Wildman–Crippen LogP) is 13.6. The van der Waals surface area contributed by atoms with E-state index in [0.717, 1.165) is 31.6 Å². The topological polar surface area (TPSA) is 152 Å². The highest BCUT2D eigenvalue weighted by molar-refractivity contribution is 7.99. The summed E-state index contributed by atoms with van der Waals surface area (Å²) in [6.45, 7) is 23.4. The summed E-state index contributed by atoms with van der Waals surface area (Å²) in [7, 11) is 1.35. The summed E-state index contributed by atoms with van der Waals surface area (Å²) in [6.07, 6.45) is 28.6. The van der Waals surface area contributed by atoms with Gasteiger partial charge in [-0.2, -0.15) is 11.8 Å². The standard InChI is InChI=1S/C24H48O2.C18H32O7S.C13H22O2/c1-5-7-8-9-10-11-12-13-14-15-16-17-18-19-20-21-22-26-23(25)24(3,4)6-2;1-7-17(2,3)16(22)25-11-13(19)10-24-14(20)8-9-26-12-18(4,5)15(21)23-6;1-4-13(2,3)12(14)15-11-8-9-5-6-10(11)7-9/h5-22H2,1-4H3;13,19H,7-12H2,1-6H3;9-11H,4-8H2,1-3H3.